The highest BCUT2D eigenvalue weighted by atomic mass is 35.5. The zero-order chi connectivity index (χ0) is 18.8. The third-order valence-electron chi connectivity index (χ3n) is 4.59. The Hall–Kier alpha value is -2.92. The molecule has 1 amide bonds. The largest absolute Gasteiger partial charge is 0.380 e. The number of nitrogens with zero attached hydrogens (tertiary/aromatic N) is 2. The first kappa shape index (κ1) is 17.5. The lowest BCUT2D eigenvalue weighted by atomic mass is 9.99. The lowest BCUT2D eigenvalue weighted by molar-refractivity contribution is 0.0980. The summed E-state index contributed by atoms with van der Waals surface area (Å²) in [6, 6.07) is 13.6. The van der Waals surface area contributed by atoms with Gasteiger partial charge in [0.2, 0.25) is 0 Å². The molecule has 0 aliphatic carbocycles. The summed E-state index contributed by atoms with van der Waals surface area (Å²) in [5.74, 6) is -0.307. The van der Waals surface area contributed by atoms with Gasteiger partial charge in [0, 0.05) is 23.7 Å². The van der Waals surface area contributed by atoms with Crippen LogP contribution in [0.2, 0.25) is 5.02 Å². The number of nitrogens with one attached hydrogen (secondary N) is 1. The Morgan fingerprint density at radius 2 is 1.93 bits per heavy atom. The lowest BCUT2D eigenvalue weighted by Gasteiger charge is -2.28. The molecule has 0 bridgehead atoms. The van der Waals surface area contributed by atoms with Gasteiger partial charge in [0.1, 0.15) is 5.82 Å². The first-order chi connectivity index (χ1) is 13.1. The van der Waals surface area contributed by atoms with Gasteiger partial charge in [-0.3, -0.25) is 9.78 Å². The van der Waals surface area contributed by atoms with E-state index >= 15 is 0 Å². The zero-order valence-corrected chi connectivity index (χ0v) is 15.2. The van der Waals surface area contributed by atoms with Crippen LogP contribution < -0.4 is 10.2 Å². The summed E-state index contributed by atoms with van der Waals surface area (Å²) in [5, 5.41) is 3.90. The maximum Gasteiger partial charge on any atom is 0.258 e. The van der Waals surface area contributed by atoms with Gasteiger partial charge in [0.15, 0.2) is 0 Å². The second-order valence-corrected chi connectivity index (χ2v) is 6.86. The van der Waals surface area contributed by atoms with Crippen LogP contribution in [0.3, 0.4) is 0 Å². The van der Waals surface area contributed by atoms with Gasteiger partial charge in [-0.25, -0.2) is 4.39 Å². The standard InChI is InChI=1S/C21H17ClFN3O/c22-16-3-6-20-15(9-16)7-8-26(21(20)27)19-10-18(12-24-13-19)25-11-14-1-4-17(23)5-2-14/h1-6,9-10,12-13,25H,7-8,11H2. The van der Waals surface area contributed by atoms with E-state index < -0.39 is 0 Å². The number of hydrogen-bond acceptors (Lipinski definition) is 3. The number of halogens is 2. The molecule has 0 atom stereocenters. The SMILES string of the molecule is O=C1c2ccc(Cl)cc2CCN1c1cncc(NCc2ccc(F)cc2)c1. The third-order valence-corrected chi connectivity index (χ3v) is 4.83. The van der Waals surface area contributed by atoms with Gasteiger partial charge in [0.25, 0.3) is 5.91 Å². The molecule has 2 heterocycles. The second-order valence-electron chi connectivity index (χ2n) is 6.42. The summed E-state index contributed by atoms with van der Waals surface area (Å²) in [6.45, 7) is 1.12. The molecule has 4 rings (SSSR count). The van der Waals surface area contributed by atoms with E-state index in [4.69, 9.17) is 11.6 Å². The molecule has 1 aliphatic heterocycles. The van der Waals surface area contributed by atoms with Gasteiger partial charge in [0.05, 0.1) is 23.8 Å². The fourth-order valence-corrected chi connectivity index (χ4v) is 3.38. The van der Waals surface area contributed by atoms with Crippen molar-refractivity contribution in [3.05, 3.63) is 88.5 Å². The number of pyridine rings is 1. The van der Waals surface area contributed by atoms with E-state index in [-0.39, 0.29) is 11.7 Å². The number of carbonyl (C=O) groups excluding carboxylic acids is 1. The van der Waals surface area contributed by atoms with Gasteiger partial charge in [-0.05, 0) is 53.9 Å². The molecule has 3 aromatic rings. The third kappa shape index (κ3) is 3.78. The predicted octanol–water partition coefficient (Wildman–Crippen LogP) is 4.69. The average molecular weight is 382 g/mol. The number of carbonyl (C=O) groups is 1. The van der Waals surface area contributed by atoms with Crippen LogP contribution in [0.15, 0.2) is 60.9 Å². The van der Waals surface area contributed by atoms with Crippen molar-refractivity contribution in [2.45, 2.75) is 13.0 Å². The number of benzene rings is 2. The average Bonchev–Trinajstić information content (AvgIpc) is 2.68. The molecule has 0 radical (unpaired) electrons. The molecule has 6 heteroatoms. The maximum atomic E-state index is 13.0. The molecular weight excluding hydrogens is 365 g/mol. The molecule has 0 unspecified atom stereocenters. The Morgan fingerprint density at radius 3 is 2.74 bits per heavy atom. The fraction of sp³-hybridized carbons (Fsp3) is 0.143. The van der Waals surface area contributed by atoms with Gasteiger partial charge < -0.3 is 10.2 Å². The second kappa shape index (κ2) is 7.37. The number of anilines is 2. The molecule has 4 nitrogen and oxygen atoms in total. The molecule has 136 valence electrons. The molecule has 0 fully saturated rings. The molecular formula is C21H17ClFN3O. The van der Waals surface area contributed by atoms with Crippen molar-refractivity contribution < 1.29 is 9.18 Å². The first-order valence-corrected chi connectivity index (χ1v) is 9.01. The van der Waals surface area contributed by atoms with Gasteiger partial charge in [-0.2, -0.15) is 0 Å². The van der Waals surface area contributed by atoms with Crippen molar-refractivity contribution in [2.75, 3.05) is 16.8 Å². The van der Waals surface area contributed by atoms with Crippen LogP contribution in [0.5, 0.6) is 0 Å². The monoisotopic (exact) mass is 381 g/mol. The predicted molar refractivity (Wildman–Crippen MR) is 105 cm³/mol. The first-order valence-electron chi connectivity index (χ1n) is 8.64. The quantitative estimate of drug-likeness (QED) is 0.713. The van der Waals surface area contributed by atoms with Crippen LogP contribution in [-0.4, -0.2) is 17.4 Å². The highest BCUT2D eigenvalue weighted by molar-refractivity contribution is 6.30. The molecule has 1 aromatic heterocycles. The molecule has 27 heavy (non-hydrogen) atoms. The van der Waals surface area contributed by atoms with E-state index in [0.717, 1.165) is 28.9 Å². The van der Waals surface area contributed by atoms with E-state index in [1.807, 2.05) is 12.1 Å². The van der Waals surface area contributed by atoms with Gasteiger partial charge in [-0.15, -0.1) is 0 Å². The van der Waals surface area contributed by atoms with E-state index in [9.17, 15) is 9.18 Å². The molecule has 1 aliphatic rings. The van der Waals surface area contributed by atoms with Crippen molar-refractivity contribution in [3.8, 4) is 0 Å². The number of rotatable bonds is 4. The minimum atomic E-state index is -0.257. The van der Waals surface area contributed by atoms with Crippen LogP contribution in [0.1, 0.15) is 21.5 Å². The normalized spacial score (nSPS) is 13.4. The van der Waals surface area contributed by atoms with Crippen LogP contribution in [0, 0.1) is 5.82 Å². The van der Waals surface area contributed by atoms with Crippen molar-refractivity contribution >= 4 is 28.9 Å². The number of hydrogen-bond donors (Lipinski definition) is 1. The highest BCUT2D eigenvalue weighted by Crippen LogP contribution is 2.27. The van der Waals surface area contributed by atoms with E-state index in [1.165, 1.54) is 12.1 Å². The van der Waals surface area contributed by atoms with Crippen molar-refractivity contribution in [3.63, 3.8) is 0 Å². The van der Waals surface area contributed by atoms with Crippen molar-refractivity contribution in [1.82, 2.24) is 4.98 Å². The number of amides is 1. The van der Waals surface area contributed by atoms with Crippen LogP contribution in [0.25, 0.3) is 0 Å². The Balaban J connectivity index is 1.51. The van der Waals surface area contributed by atoms with Crippen molar-refractivity contribution in [1.29, 1.82) is 0 Å². The fourth-order valence-electron chi connectivity index (χ4n) is 3.18. The Morgan fingerprint density at radius 1 is 1.11 bits per heavy atom. The molecule has 2 aromatic carbocycles. The highest BCUT2D eigenvalue weighted by Gasteiger charge is 2.25. The summed E-state index contributed by atoms with van der Waals surface area (Å²) < 4.78 is 13.0. The molecule has 0 saturated heterocycles. The van der Waals surface area contributed by atoms with E-state index in [1.54, 1.807) is 41.6 Å². The van der Waals surface area contributed by atoms with E-state index in [2.05, 4.69) is 10.3 Å². The van der Waals surface area contributed by atoms with Crippen molar-refractivity contribution in [2.24, 2.45) is 0 Å². The molecule has 0 spiro atoms. The van der Waals surface area contributed by atoms with Crippen LogP contribution in [-0.2, 0) is 13.0 Å². The summed E-state index contributed by atoms with van der Waals surface area (Å²) in [6.07, 6.45) is 4.13. The minimum absolute atomic E-state index is 0.0506. The zero-order valence-electron chi connectivity index (χ0n) is 14.5. The topological polar surface area (TPSA) is 45.2 Å². The maximum absolute atomic E-state index is 13.0. The summed E-state index contributed by atoms with van der Waals surface area (Å²) >= 11 is 6.03. The van der Waals surface area contributed by atoms with Crippen LogP contribution >= 0.6 is 11.6 Å². The Bertz CT molecular complexity index is 991. The van der Waals surface area contributed by atoms with Crippen LogP contribution in [0.4, 0.5) is 15.8 Å². The smallest absolute Gasteiger partial charge is 0.258 e. The number of fused-ring (bicyclic) bond motifs is 1. The number of aromatic nitrogens is 1. The van der Waals surface area contributed by atoms with Gasteiger partial charge >= 0.3 is 0 Å². The lowest BCUT2D eigenvalue weighted by Crippen LogP contribution is -2.37. The Labute approximate surface area is 161 Å². The summed E-state index contributed by atoms with van der Waals surface area (Å²) in [5.41, 5.74) is 4.15. The molecule has 0 saturated carbocycles. The molecule has 1 N–H and O–H groups in total. The van der Waals surface area contributed by atoms with E-state index in [0.29, 0.717) is 23.7 Å². The Kier molecular flexibility index (Phi) is 4.77. The van der Waals surface area contributed by atoms with Gasteiger partial charge in [-0.1, -0.05) is 23.7 Å². The minimum Gasteiger partial charge on any atom is -0.380 e. The summed E-state index contributed by atoms with van der Waals surface area (Å²) in [4.78, 5) is 18.8. The summed E-state index contributed by atoms with van der Waals surface area (Å²) in [7, 11) is 0.